The van der Waals surface area contributed by atoms with Gasteiger partial charge in [-0.25, -0.2) is 4.98 Å². The van der Waals surface area contributed by atoms with Crippen LogP contribution in [0, 0.1) is 6.92 Å². The molecule has 3 aromatic rings. The SMILES string of the molecule is Cc1cc(Nc2ccccc2)nc(N2CCN(C(=O)c3ccc(Cl)cc3)CC2)n1. The Kier molecular flexibility index (Phi) is 5.62. The van der Waals surface area contributed by atoms with E-state index in [9.17, 15) is 4.79 Å². The summed E-state index contributed by atoms with van der Waals surface area (Å²) >= 11 is 5.92. The number of halogens is 1. The van der Waals surface area contributed by atoms with E-state index in [1.165, 1.54) is 0 Å². The van der Waals surface area contributed by atoms with E-state index in [0.29, 0.717) is 42.7 Å². The van der Waals surface area contributed by atoms with Crippen molar-refractivity contribution in [1.29, 1.82) is 0 Å². The maximum atomic E-state index is 12.7. The van der Waals surface area contributed by atoms with Crippen LogP contribution in [0.4, 0.5) is 17.5 Å². The van der Waals surface area contributed by atoms with Crippen LogP contribution < -0.4 is 10.2 Å². The molecule has 0 bridgehead atoms. The zero-order valence-electron chi connectivity index (χ0n) is 16.2. The number of benzene rings is 2. The number of rotatable bonds is 4. The normalized spacial score (nSPS) is 14.0. The molecular weight excluding hydrogens is 386 g/mol. The highest BCUT2D eigenvalue weighted by atomic mass is 35.5. The van der Waals surface area contributed by atoms with Crippen molar-refractivity contribution in [2.75, 3.05) is 36.4 Å². The van der Waals surface area contributed by atoms with E-state index in [1.807, 2.05) is 48.2 Å². The van der Waals surface area contributed by atoms with Gasteiger partial charge >= 0.3 is 0 Å². The molecule has 0 aliphatic carbocycles. The summed E-state index contributed by atoms with van der Waals surface area (Å²) in [6.07, 6.45) is 0. The van der Waals surface area contributed by atoms with Crippen LogP contribution in [0.5, 0.6) is 0 Å². The van der Waals surface area contributed by atoms with Crippen molar-refractivity contribution in [2.45, 2.75) is 6.92 Å². The molecule has 6 nitrogen and oxygen atoms in total. The Morgan fingerprint density at radius 3 is 2.34 bits per heavy atom. The lowest BCUT2D eigenvalue weighted by molar-refractivity contribution is 0.0746. The van der Waals surface area contributed by atoms with Crippen LogP contribution in [-0.2, 0) is 0 Å². The second kappa shape index (κ2) is 8.49. The molecule has 4 rings (SSSR count). The average molecular weight is 408 g/mol. The molecule has 1 fully saturated rings. The van der Waals surface area contributed by atoms with Crippen LogP contribution in [0.2, 0.25) is 5.02 Å². The minimum atomic E-state index is 0.0258. The highest BCUT2D eigenvalue weighted by Crippen LogP contribution is 2.20. The fourth-order valence-electron chi connectivity index (χ4n) is 3.31. The molecule has 1 aliphatic heterocycles. The molecule has 0 radical (unpaired) electrons. The molecule has 1 saturated heterocycles. The van der Waals surface area contributed by atoms with Crippen LogP contribution in [-0.4, -0.2) is 47.0 Å². The van der Waals surface area contributed by atoms with Crippen LogP contribution in [0.3, 0.4) is 0 Å². The molecule has 0 atom stereocenters. The molecule has 0 spiro atoms. The van der Waals surface area contributed by atoms with Gasteiger partial charge in [0.2, 0.25) is 5.95 Å². The van der Waals surface area contributed by atoms with E-state index in [1.54, 1.807) is 24.3 Å². The van der Waals surface area contributed by atoms with Crippen molar-refractivity contribution >= 4 is 35.0 Å². The molecule has 0 saturated carbocycles. The smallest absolute Gasteiger partial charge is 0.253 e. The van der Waals surface area contributed by atoms with Crippen LogP contribution in [0.1, 0.15) is 16.1 Å². The fourth-order valence-corrected chi connectivity index (χ4v) is 3.44. The number of aromatic nitrogens is 2. The Morgan fingerprint density at radius 2 is 1.66 bits per heavy atom. The molecule has 1 aromatic heterocycles. The molecule has 1 aliphatic rings. The Hall–Kier alpha value is -3.12. The molecule has 1 N–H and O–H groups in total. The van der Waals surface area contributed by atoms with Gasteiger partial charge in [-0.2, -0.15) is 4.98 Å². The highest BCUT2D eigenvalue weighted by molar-refractivity contribution is 6.30. The maximum Gasteiger partial charge on any atom is 0.253 e. The lowest BCUT2D eigenvalue weighted by Gasteiger charge is -2.35. The highest BCUT2D eigenvalue weighted by Gasteiger charge is 2.24. The number of hydrogen-bond donors (Lipinski definition) is 1. The number of aryl methyl sites for hydroxylation is 1. The minimum absolute atomic E-state index is 0.0258. The summed E-state index contributed by atoms with van der Waals surface area (Å²) in [4.78, 5) is 25.9. The average Bonchev–Trinajstić information content (AvgIpc) is 2.74. The summed E-state index contributed by atoms with van der Waals surface area (Å²) in [5.74, 6) is 1.47. The van der Waals surface area contributed by atoms with Gasteiger partial charge in [0.05, 0.1) is 0 Å². The van der Waals surface area contributed by atoms with Crippen LogP contribution >= 0.6 is 11.6 Å². The van der Waals surface area contributed by atoms with Crippen molar-refractivity contribution in [3.8, 4) is 0 Å². The first-order valence-electron chi connectivity index (χ1n) is 9.56. The van der Waals surface area contributed by atoms with Crippen LogP contribution in [0.25, 0.3) is 0 Å². The molecule has 148 valence electrons. The van der Waals surface area contributed by atoms with Gasteiger partial charge in [-0.3, -0.25) is 4.79 Å². The number of piperazine rings is 1. The zero-order valence-corrected chi connectivity index (χ0v) is 16.9. The maximum absolute atomic E-state index is 12.7. The third-order valence-corrected chi connectivity index (χ3v) is 5.08. The molecule has 1 amide bonds. The van der Waals surface area contributed by atoms with Crippen molar-refractivity contribution in [2.24, 2.45) is 0 Å². The summed E-state index contributed by atoms with van der Waals surface area (Å²) < 4.78 is 0. The Morgan fingerprint density at radius 1 is 0.966 bits per heavy atom. The first-order chi connectivity index (χ1) is 14.1. The number of nitrogens with one attached hydrogen (secondary N) is 1. The topological polar surface area (TPSA) is 61.4 Å². The number of nitrogens with zero attached hydrogens (tertiary/aromatic N) is 4. The van der Waals surface area contributed by atoms with Crippen molar-refractivity contribution < 1.29 is 4.79 Å². The van der Waals surface area contributed by atoms with Crippen molar-refractivity contribution in [1.82, 2.24) is 14.9 Å². The van der Waals surface area contributed by atoms with Gasteiger partial charge in [0, 0.05) is 54.2 Å². The van der Waals surface area contributed by atoms with Gasteiger partial charge < -0.3 is 15.1 Å². The predicted octanol–water partition coefficient (Wildman–Crippen LogP) is 4.14. The number of hydrogen-bond acceptors (Lipinski definition) is 5. The molecule has 2 heterocycles. The number of carbonyl (C=O) groups is 1. The Labute approximate surface area is 175 Å². The van der Waals surface area contributed by atoms with E-state index >= 15 is 0 Å². The van der Waals surface area contributed by atoms with Crippen molar-refractivity contribution in [3.63, 3.8) is 0 Å². The number of amides is 1. The van der Waals surface area contributed by atoms with Gasteiger partial charge in [-0.05, 0) is 43.3 Å². The van der Waals surface area contributed by atoms with E-state index in [-0.39, 0.29) is 5.91 Å². The van der Waals surface area contributed by atoms with E-state index in [2.05, 4.69) is 20.2 Å². The van der Waals surface area contributed by atoms with E-state index in [4.69, 9.17) is 11.6 Å². The second-order valence-corrected chi connectivity index (χ2v) is 7.41. The first kappa shape index (κ1) is 19.2. The summed E-state index contributed by atoms with van der Waals surface area (Å²) in [6, 6.07) is 18.9. The van der Waals surface area contributed by atoms with E-state index < -0.39 is 0 Å². The summed E-state index contributed by atoms with van der Waals surface area (Å²) in [6.45, 7) is 4.59. The van der Waals surface area contributed by atoms with Gasteiger partial charge in [0.15, 0.2) is 0 Å². The second-order valence-electron chi connectivity index (χ2n) is 6.97. The number of anilines is 3. The Balaban J connectivity index is 1.43. The standard InChI is InChI=1S/C22H22ClN5O/c1-16-15-20(25-19-5-3-2-4-6-19)26-22(24-16)28-13-11-27(12-14-28)21(29)17-7-9-18(23)10-8-17/h2-10,15H,11-14H2,1H3,(H,24,25,26). The van der Waals surface area contributed by atoms with Crippen LogP contribution in [0.15, 0.2) is 60.7 Å². The molecule has 0 unspecified atom stereocenters. The quantitative estimate of drug-likeness (QED) is 0.704. The predicted molar refractivity (Wildman–Crippen MR) is 116 cm³/mol. The van der Waals surface area contributed by atoms with Gasteiger partial charge in [-0.15, -0.1) is 0 Å². The summed E-state index contributed by atoms with van der Waals surface area (Å²) in [5.41, 5.74) is 2.53. The minimum Gasteiger partial charge on any atom is -0.340 e. The first-order valence-corrected chi connectivity index (χ1v) is 9.94. The monoisotopic (exact) mass is 407 g/mol. The molecule has 7 heteroatoms. The van der Waals surface area contributed by atoms with Crippen molar-refractivity contribution in [3.05, 3.63) is 76.9 Å². The number of carbonyl (C=O) groups excluding carboxylic acids is 1. The van der Waals surface area contributed by atoms with E-state index in [0.717, 1.165) is 17.2 Å². The lowest BCUT2D eigenvalue weighted by Crippen LogP contribution is -2.49. The fraction of sp³-hybridized carbons (Fsp3) is 0.227. The molecule has 29 heavy (non-hydrogen) atoms. The summed E-state index contributed by atoms with van der Waals surface area (Å²) in [5, 5.41) is 3.95. The third-order valence-electron chi connectivity index (χ3n) is 4.83. The zero-order chi connectivity index (χ0) is 20.2. The van der Waals surface area contributed by atoms with Gasteiger partial charge in [0.25, 0.3) is 5.91 Å². The van der Waals surface area contributed by atoms with Gasteiger partial charge in [-0.1, -0.05) is 29.8 Å². The largest absolute Gasteiger partial charge is 0.340 e. The Bertz CT molecular complexity index is 986. The number of para-hydroxylation sites is 1. The lowest BCUT2D eigenvalue weighted by atomic mass is 10.2. The third kappa shape index (κ3) is 4.66. The molecule has 2 aromatic carbocycles. The summed E-state index contributed by atoms with van der Waals surface area (Å²) in [7, 11) is 0. The van der Waals surface area contributed by atoms with Gasteiger partial charge in [0.1, 0.15) is 5.82 Å². The molecular formula is C22H22ClN5O.